The van der Waals surface area contributed by atoms with Gasteiger partial charge in [0.25, 0.3) is 0 Å². The molecule has 0 bridgehead atoms. The molecule has 1 rings (SSSR count). The summed E-state index contributed by atoms with van der Waals surface area (Å²) in [5.74, 6) is 0.605. The van der Waals surface area contributed by atoms with Crippen LogP contribution in [0, 0.1) is 0 Å². The molecule has 0 aliphatic rings. The van der Waals surface area contributed by atoms with E-state index in [4.69, 9.17) is 5.11 Å². The van der Waals surface area contributed by atoms with Crippen LogP contribution in [-0.2, 0) is 0 Å². The van der Waals surface area contributed by atoms with Crippen molar-refractivity contribution >= 4 is 16.3 Å². The van der Waals surface area contributed by atoms with Crippen LogP contribution < -0.4 is 3.82 Å². The Kier molecular flexibility index (Phi) is 1.98. The molecule has 9 heavy (non-hydrogen) atoms. The topological polar surface area (TPSA) is 29.5 Å². The van der Waals surface area contributed by atoms with Gasteiger partial charge in [0.2, 0.25) is 0 Å². The van der Waals surface area contributed by atoms with Gasteiger partial charge < -0.3 is 0 Å². The standard InChI is InChI=1S/C6H5O2Se/c7-5-3-1-2-4-6(5)8-9/h1-4,7H. The van der Waals surface area contributed by atoms with Crippen molar-refractivity contribution in [3.05, 3.63) is 24.3 Å². The van der Waals surface area contributed by atoms with E-state index in [1.165, 1.54) is 0 Å². The van der Waals surface area contributed by atoms with Crippen LogP contribution in [0.3, 0.4) is 0 Å². The van der Waals surface area contributed by atoms with Crippen molar-refractivity contribution in [2.45, 2.75) is 0 Å². The van der Waals surface area contributed by atoms with Crippen LogP contribution in [0.4, 0.5) is 0 Å². The van der Waals surface area contributed by atoms with Crippen molar-refractivity contribution in [1.29, 1.82) is 0 Å². The molecule has 0 heterocycles. The van der Waals surface area contributed by atoms with Gasteiger partial charge in [-0.2, -0.15) is 0 Å². The maximum atomic E-state index is 8.97. The number of benzene rings is 1. The summed E-state index contributed by atoms with van der Waals surface area (Å²) < 4.78 is 4.67. The zero-order chi connectivity index (χ0) is 6.69. The van der Waals surface area contributed by atoms with E-state index in [9.17, 15) is 0 Å². The van der Waals surface area contributed by atoms with Crippen LogP contribution in [0.1, 0.15) is 0 Å². The number of hydrogen-bond acceptors (Lipinski definition) is 2. The molecule has 0 spiro atoms. The Hall–Kier alpha value is -0.661. The second kappa shape index (κ2) is 2.76. The van der Waals surface area contributed by atoms with Gasteiger partial charge in [-0.25, -0.2) is 0 Å². The fourth-order valence-corrected chi connectivity index (χ4v) is 0.823. The molecule has 0 amide bonds. The molecule has 0 atom stereocenters. The average Bonchev–Trinajstić information content (AvgIpc) is 1.89. The van der Waals surface area contributed by atoms with Crippen molar-refractivity contribution in [2.24, 2.45) is 0 Å². The third-order valence-electron chi connectivity index (χ3n) is 0.955. The SMILES string of the molecule is Oc1ccccc1O[Se]. The predicted molar refractivity (Wildman–Crippen MR) is 34.5 cm³/mol. The molecule has 1 aromatic rings. The molecule has 1 aromatic carbocycles. The van der Waals surface area contributed by atoms with Crippen molar-refractivity contribution < 1.29 is 8.93 Å². The Bertz CT molecular complexity index is 200. The quantitative estimate of drug-likeness (QED) is 0.662. The van der Waals surface area contributed by atoms with E-state index in [0.29, 0.717) is 5.75 Å². The van der Waals surface area contributed by atoms with Crippen LogP contribution in [0.5, 0.6) is 11.5 Å². The van der Waals surface area contributed by atoms with Gasteiger partial charge in [0.05, 0.1) is 0 Å². The second-order valence-corrected chi connectivity index (χ2v) is 1.90. The summed E-state index contributed by atoms with van der Waals surface area (Å²) >= 11 is 2.34. The van der Waals surface area contributed by atoms with Crippen molar-refractivity contribution in [2.75, 3.05) is 0 Å². The van der Waals surface area contributed by atoms with Gasteiger partial charge in [0.1, 0.15) is 0 Å². The van der Waals surface area contributed by atoms with E-state index in [-0.39, 0.29) is 5.75 Å². The summed E-state index contributed by atoms with van der Waals surface area (Å²) in [6.45, 7) is 0. The van der Waals surface area contributed by atoms with Gasteiger partial charge in [-0.15, -0.1) is 0 Å². The zero-order valence-electron chi connectivity index (χ0n) is 4.57. The monoisotopic (exact) mass is 189 g/mol. The first kappa shape index (κ1) is 6.46. The normalized spacial score (nSPS) is 9.00. The Morgan fingerprint density at radius 2 is 2.00 bits per heavy atom. The Morgan fingerprint density at radius 1 is 1.33 bits per heavy atom. The minimum absolute atomic E-state index is 0.149. The van der Waals surface area contributed by atoms with E-state index < -0.39 is 0 Å². The van der Waals surface area contributed by atoms with Gasteiger partial charge in [-0.05, 0) is 0 Å². The fraction of sp³-hybridized carbons (Fsp3) is 0. The van der Waals surface area contributed by atoms with E-state index in [0.717, 1.165) is 0 Å². The van der Waals surface area contributed by atoms with Crippen molar-refractivity contribution in [1.82, 2.24) is 0 Å². The molecular formula is C6H5O2Se. The van der Waals surface area contributed by atoms with Crippen LogP contribution in [0.15, 0.2) is 24.3 Å². The van der Waals surface area contributed by atoms with E-state index in [1.54, 1.807) is 24.3 Å². The Balaban J connectivity index is 3.01. The van der Waals surface area contributed by atoms with E-state index in [1.807, 2.05) is 0 Å². The number of para-hydroxylation sites is 2. The number of phenolic OH excluding ortho intramolecular Hbond substituents is 1. The van der Waals surface area contributed by atoms with Gasteiger partial charge in [-0.3, -0.25) is 0 Å². The third kappa shape index (κ3) is 1.37. The van der Waals surface area contributed by atoms with Crippen molar-refractivity contribution in [3.8, 4) is 11.5 Å². The third-order valence-corrected chi connectivity index (χ3v) is 1.33. The van der Waals surface area contributed by atoms with Gasteiger partial charge in [-0.1, -0.05) is 0 Å². The van der Waals surface area contributed by atoms with Gasteiger partial charge in [0.15, 0.2) is 0 Å². The number of rotatable bonds is 1. The Morgan fingerprint density at radius 3 is 2.44 bits per heavy atom. The molecule has 2 nitrogen and oxygen atoms in total. The molecule has 1 radical (unpaired) electrons. The molecule has 3 heteroatoms. The van der Waals surface area contributed by atoms with Crippen LogP contribution in [0.25, 0.3) is 0 Å². The molecule has 0 fully saturated rings. The maximum absolute atomic E-state index is 8.97. The zero-order valence-corrected chi connectivity index (χ0v) is 6.29. The van der Waals surface area contributed by atoms with Gasteiger partial charge >= 0.3 is 61.0 Å². The molecule has 0 aliphatic carbocycles. The van der Waals surface area contributed by atoms with Crippen LogP contribution in [-0.4, -0.2) is 21.4 Å². The van der Waals surface area contributed by atoms with E-state index >= 15 is 0 Å². The number of hydrogen-bond donors (Lipinski definition) is 1. The fourth-order valence-electron chi connectivity index (χ4n) is 0.528. The summed E-state index contributed by atoms with van der Waals surface area (Å²) in [5, 5.41) is 8.97. The molecule has 0 saturated heterocycles. The number of phenols is 1. The number of aromatic hydroxyl groups is 1. The molecule has 0 aromatic heterocycles. The van der Waals surface area contributed by atoms with Crippen LogP contribution in [0.2, 0.25) is 0 Å². The molecule has 0 aliphatic heterocycles. The second-order valence-electron chi connectivity index (χ2n) is 1.55. The average molecular weight is 188 g/mol. The van der Waals surface area contributed by atoms with Crippen LogP contribution >= 0.6 is 0 Å². The van der Waals surface area contributed by atoms with E-state index in [2.05, 4.69) is 20.2 Å². The summed E-state index contributed by atoms with van der Waals surface area (Å²) in [5.41, 5.74) is 0. The first-order valence-corrected chi connectivity index (χ1v) is 3.12. The first-order valence-electron chi connectivity index (χ1n) is 2.42. The summed E-state index contributed by atoms with van der Waals surface area (Å²) in [6.07, 6.45) is 0. The van der Waals surface area contributed by atoms with Crippen molar-refractivity contribution in [3.63, 3.8) is 0 Å². The summed E-state index contributed by atoms with van der Waals surface area (Å²) in [7, 11) is 0. The Labute approximate surface area is 61.6 Å². The minimum atomic E-state index is 0.149. The molecule has 47 valence electrons. The van der Waals surface area contributed by atoms with Gasteiger partial charge in [0, 0.05) is 0 Å². The summed E-state index contributed by atoms with van der Waals surface area (Å²) in [6, 6.07) is 6.75. The molecule has 1 N–H and O–H groups in total. The molecule has 0 saturated carbocycles. The summed E-state index contributed by atoms with van der Waals surface area (Å²) in [4.78, 5) is 0. The first-order chi connectivity index (χ1) is 4.34. The molecular weight excluding hydrogens is 183 g/mol. The molecule has 0 unspecified atom stereocenters. The predicted octanol–water partition coefficient (Wildman–Crippen LogP) is 0.854.